The van der Waals surface area contributed by atoms with Crippen LogP contribution in [0, 0.1) is 6.92 Å². The third-order valence-electron chi connectivity index (χ3n) is 1.55. The zero-order chi connectivity index (χ0) is 11.3. The van der Waals surface area contributed by atoms with Crippen molar-refractivity contribution in [1.29, 1.82) is 0 Å². The molecule has 2 nitrogen and oxygen atoms in total. The molecule has 0 aromatic heterocycles. The number of hydrogen-bond acceptors (Lipinski definition) is 3. The van der Waals surface area contributed by atoms with E-state index < -0.39 is 0 Å². The third kappa shape index (κ3) is 4.91. The van der Waals surface area contributed by atoms with Crippen molar-refractivity contribution < 1.29 is 9.53 Å². The third-order valence-corrected chi connectivity index (χ3v) is 2.67. The Morgan fingerprint density at radius 2 is 2.00 bits per heavy atom. The van der Waals surface area contributed by atoms with Crippen LogP contribution in [-0.4, -0.2) is 5.97 Å². The van der Waals surface area contributed by atoms with Crippen LogP contribution in [0.1, 0.15) is 12.5 Å². The Morgan fingerprint density at radius 1 is 1.40 bits per heavy atom. The van der Waals surface area contributed by atoms with Crippen LogP contribution in [0.4, 0.5) is 0 Å². The molecule has 0 fully saturated rings. The Balaban J connectivity index is 2.58. The second-order valence-corrected chi connectivity index (χ2v) is 4.69. The number of carbonyl (C=O) groups excluding carboxylic acids is 1. The van der Waals surface area contributed by atoms with Crippen molar-refractivity contribution in [3.63, 3.8) is 0 Å². The number of benzene rings is 1. The van der Waals surface area contributed by atoms with E-state index in [0.29, 0.717) is 4.36 Å². The normalized spacial score (nSPS) is 11.3. The topological polar surface area (TPSA) is 26.3 Å². The summed E-state index contributed by atoms with van der Waals surface area (Å²) in [4.78, 5) is 11.5. The maximum Gasteiger partial charge on any atom is 0.307 e. The summed E-state index contributed by atoms with van der Waals surface area (Å²) in [5, 5.41) is 0. The second kappa shape index (κ2) is 5.83. The summed E-state index contributed by atoms with van der Waals surface area (Å²) in [5.41, 5.74) is 1.19. The van der Waals surface area contributed by atoms with Crippen molar-refractivity contribution in [3.05, 3.63) is 40.5 Å². The van der Waals surface area contributed by atoms with Crippen molar-refractivity contribution in [2.75, 3.05) is 0 Å². The lowest BCUT2D eigenvalue weighted by molar-refractivity contribution is -0.135. The Kier molecular flexibility index (Phi) is 4.72. The average Bonchev–Trinajstić information content (AvgIpc) is 2.19. The van der Waals surface area contributed by atoms with Gasteiger partial charge in [0.1, 0.15) is 10.6 Å². The van der Waals surface area contributed by atoms with Gasteiger partial charge in [0.25, 0.3) is 0 Å². The molecule has 0 heterocycles. The second-order valence-electron chi connectivity index (χ2n) is 2.95. The molecule has 0 amide bonds. The number of aryl methyl sites for hydroxylation is 1. The van der Waals surface area contributed by atoms with Crippen LogP contribution in [0.2, 0.25) is 0 Å². The fourth-order valence-electron chi connectivity index (χ4n) is 0.872. The van der Waals surface area contributed by atoms with E-state index in [4.69, 9.17) is 11.6 Å². The summed E-state index contributed by atoms with van der Waals surface area (Å²) in [6.07, 6.45) is 1.24. The number of hydrogen-bond donors (Lipinski definition) is 0. The predicted octanol–water partition coefficient (Wildman–Crippen LogP) is 3.69. The fourth-order valence-corrected chi connectivity index (χ4v) is 1.78. The maximum atomic E-state index is 10.5. The minimum Gasteiger partial charge on any atom is -0.433 e. The van der Waals surface area contributed by atoms with Crippen LogP contribution in [0.15, 0.2) is 39.8 Å². The van der Waals surface area contributed by atoms with Gasteiger partial charge in [-0.2, -0.15) is 0 Å². The van der Waals surface area contributed by atoms with Gasteiger partial charge < -0.3 is 4.74 Å². The Hall–Kier alpha value is -0.930. The maximum absolute atomic E-state index is 10.5. The number of esters is 1. The SMILES string of the molecule is CC(=O)O/C=C(\Cl)Sc1ccc(C)cc1. The molecule has 0 atom stereocenters. The molecule has 0 saturated heterocycles. The first kappa shape index (κ1) is 12.1. The number of rotatable bonds is 3. The number of halogens is 1. The smallest absolute Gasteiger partial charge is 0.307 e. The Labute approximate surface area is 98.3 Å². The molecular formula is C11H11ClO2S. The molecule has 80 valence electrons. The molecule has 1 aromatic rings. The summed E-state index contributed by atoms with van der Waals surface area (Å²) in [5.74, 6) is -0.377. The van der Waals surface area contributed by atoms with E-state index >= 15 is 0 Å². The molecule has 0 bridgehead atoms. The minimum atomic E-state index is -0.377. The van der Waals surface area contributed by atoms with Crippen LogP contribution in [0.25, 0.3) is 0 Å². The highest BCUT2D eigenvalue weighted by molar-refractivity contribution is 8.04. The highest BCUT2D eigenvalue weighted by Gasteiger charge is 1.98. The summed E-state index contributed by atoms with van der Waals surface area (Å²) in [7, 11) is 0. The molecule has 1 rings (SSSR count). The predicted molar refractivity (Wildman–Crippen MR) is 62.7 cm³/mol. The van der Waals surface area contributed by atoms with Gasteiger partial charge in [-0.15, -0.1) is 0 Å². The Bertz CT molecular complexity index is 371. The van der Waals surface area contributed by atoms with Gasteiger partial charge in [-0.1, -0.05) is 41.1 Å². The van der Waals surface area contributed by atoms with Crippen LogP contribution in [-0.2, 0) is 9.53 Å². The first-order valence-electron chi connectivity index (χ1n) is 4.35. The van der Waals surface area contributed by atoms with E-state index in [2.05, 4.69) is 4.74 Å². The lowest BCUT2D eigenvalue weighted by Gasteiger charge is -2.00. The monoisotopic (exact) mass is 242 g/mol. The van der Waals surface area contributed by atoms with Crippen LogP contribution in [0.3, 0.4) is 0 Å². The summed E-state index contributed by atoms with van der Waals surface area (Å²) >= 11 is 7.19. The molecule has 0 saturated carbocycles. The van der Waals surface area contributed by atoms with Crippen molar-refractivity contribution in [2.24, 2.45) is 0 Å². The average molecular weight is 243 g/mol. The van der Waals surface area contributed by atoms with Crippen LogP contribution >= 0.6 is 23.4 Å². The summed E-state index contributed by atoms with van der Waals surface area (Å²) in [6.45, 7) is 3.35. The molecule has 0 unspecified atom stereocenters. The van der Waals surface area contributed by atoms with Crippen LogP contribution in [0.5, 0.6) is 0 Å². The number of ether oxygens (including phenoxy) is 1. The molecular weight excluding hydrogens is 232 g/mol. The highest BCUT2D eigenvalue weighted by Crippen LogP contribution is 2.29. The van der Waals surface area contributed by atoms with Crippen molar-refractivity contribution in [3.8, 4) is 0 Å². The van der Waals surface area contributed by atoms with Gasteiger partial charge in [-0.05, 0) is 19.1 Å². The zero-order valence-electron chi connectivity index (χ0n) is 8.49. The number of thioether (sulfide) groups is 1. The van der Waals surface area contributed by atoms with E-state index in [1.54, 1.807) is 0 Å². The Morgan fingerprint density at radius 3 is 2.53 bits per heavy atom. The molecule has 0 aliphatic carbocycles. The largest absolute Gasteiger partial charge is 0.433 e. The molecule has 4 heteroatoms. The van der Waals surface area contributed by atoms with Crippen molar-refractivity contribution >= 4 is 29.3 Å². The van der Waals surface area contributed by atoms with Gasteiger partial charge in [0, 0.05) is 11.8 Å². The van der Waals surface area contributed by atoms with Gasteiger partial charge in [-0.3, -0.25) is 4.79 Å². The zero-order valence-corrected chi connectivity index (χ0v) is 10.1. The lowest BCUT2D eigenvalue weighted by Crippen LogP contribution is -1.89. The minimum absolute atomic E-state index is 0.377. The van der Waals surface area contributed by atoms with Gasteiger partial charge in [0.2, 0.25) is 0 Å². The van der Waals surface area contributed by atoms with E-state index in [1.165, 1.54) is 30.5 Å². The molecule has 1 aromatic carbocycles. The molecule has 0 aliphatic heterocycles. The van der Waals surface area contributed by atoms with E-state index in [9.17, 15) is 4.79 Å². The fraction of sp³-hybridized carbons (Fsp3) is 0.182. The van der Waals surface area contributed by atoms with E-state index in [0.717, 1.165) is 4.90 Å². The molecule has 15 heavy (non-hydrogen) atoms. The first-order valence-corrected chi connectivity index (χ1v) is 5.55. The first-order chi connectivity index (χ1) is 7.08. The standard InChI is InChI=1S/C11H11ClO2S/c1-8-3-5-10(6-4-8)15-11(12)7-14-9(2)13/h3-7H,1-2H3/b11-7+. The molecule has 0 aliphatic rings. The van der Waals surface area contributed by atoms with Crippen molar-refractivity contribution in [1.82, 2.24) is 0 Å². The van der Waals surface area contributed by atoms with Crippen LogP contribution < -0.4 is 0 Å². The van der Waals surface area contributed by atoms with Gasteiger partial charge in [0.15, 0.2) is 0 Å². The van der Waals surface area contributed by atoms with Gasteiger partial charge in [-0.25, -0.2) is 0 Å². The van der Waals surface area contributed by atoms with Gasteiger partial charge in [0.05, 0.1) is 0 Å². The molecule has 0 radical (unpaired) electrons. The summed E-state index contributed by atoms with van der Waals surface area (Å²) < 4.78 is 5.07. The van der Waals surface area contributed by atoms with E-state index in [1.807, 2.05) is 31.2 Å². The molecule has 0 spiro atoms. The lowest BCUT2D eigenvalue weighted by atomic mass is 10.2. The summed E-state index contributed by atoms with van der Waals surface area (Å²) in [6, 6.07) is 7.92. The number of carbonyl (C=O) groups is 1. The van der Waals surface area contributed by atoms with Gasteiger partial charge >= 0.3 is 5.97 Å². The van der Waals surface area contributed by atoms with Crippen molar-refractivity contribution in [2.45, 2.75) is 18.7 Å². The molecule has 0 N–H and O–H groups in total. The highest BCUT2D eigenvalue weighted by atomic mass is 35.5. The quantitative estimate of drug-likeness (QED) is 0.459. The van der Waals surface area contributed by atoms with E-state index in [-0.39, 0.29) is 5.97 Å².